The van der Waals surface area contributed by atoms with Crippen LogP contribution in [0.2, 0.25) is 5.02 Å². The van der Waals surface area contributed by atoms with E-state index in [4.69, 9.17) is 45.8 Å². The van der Waals surface area contributed by atoms with E-state index in [2.05, 4.69) is 63.8 Å². The van der Waals surface area contributed by atoms with Crippen LogP contribution in [0.5, 0.6) is 5.75 Å². The molecule has 23 nitrogen and oxygen atoms in total. The van der Waals surface area contributed by atoms with Gasteiger partial charge in [-0.15, -0.1) is 0 Å². The van der Waals surface area contributed by atoms with Crippen LogP contribution in [0.25, 0.3) is 0 Å². The fraction of sp³-hybridized carbons (Fsp3) is 0.579. The van der Waals surface area contributed by atoms with Crippen molar-refractivity contribution in [3.8, 4) is 5.75 Å². The van der Waals surface area contributed by atoms with Crippen LogP contribution in [0.15, 0.2) is 60.2 Å². The number of alkyl halides is 2. The lowest BCUT2D eigenvalue weighted by Gasteiger charge is -2.42. The van der Waals surface area contributed by atoms with Gasteiger partial charge in [-0.05, 0) is 107 Å². The topological polar surface area (TPSA) is 317 Å². The number of nitrogens with two attached hydrogens (primary N) is 1. The molecule has 10 atom stereocenters. The third-order valence-electron chi connectivity index (χ3n) is 14.8. The molecule has 2 aromatic rings. The lowest BCUT2D eigenvalue weighted by atomic mass is 9.83. The second-order valence-corrected chi connectivity index (χ2v) is 23.3. The molecule has 0 radical (unpaired) electrons. The molecule has 9 N–H and O–H groups in total. The van der Waals surface area contributed by atoms with E-state index in [9.17, 15) is 43.5 Å². The van der Waals surface area contributed by atoms with Gasteiger partial charge in [0.25, 0.3) is 0 Å². The summed E-state index contributed by atoms with van der Waals surface area (Å²) in [4.78, 5) is 107. The number of primary amides is 1. The standard InChI is InChI=1S/C57H79Br2ClN8O15/c1-31(2)48(66-45(69)18-11-10-15-33(4)80-52(73)36(29-58)30-59)51(72)65-39(16-13-23-62-53(61)74)50(71)63-37-19-21-38(22-20-37)64-54(75)82-44-27-46(70)68(7)40-25-35(26-41(78-8)47(40)60)24-32(3)14-12-17-43(79-9)57(77)28-42(81-55(76)67-57)34(5)49-56(44,6)83-49/h12,14,17,19-22,25-26,31,33-34,36,39,42-44,48-49,77H,10-11,13,15-16,18,23-24,27-30H2,1-9H3,(H,63,71)(H,64,75)(H,65,72)(H,66,69)(H,67,76)(H3,61,62,74)/b17-12+,32-14+/t33?,34-,39+,42+,43-,44+,48+,49+,56+,57+/m1/s1. The molecule has 26 heteroatoms. The number of epoxide rings is 1. The molecule has 1 unspecified atom stereocenters. The smallest absolute Gasteiger partial charge is 0.412 e. The van der Waals surface area contributed by atoms with Gasteiger partial charge in [0.1, 0.15) is 46.8 Å². The number of esters is 1. The maximum absolute atomic E-state index is 14.4. The molecule has 0 spiro atoms. The summed E-state index contributed by atoms with van der Waals surface area (Å²) in [6, 6.07) is 6.60. The van der Waals surface area contributed by atoms with Crippen LogP contribution in [0, 0.1) is 17.8 Å². The second kappa shape index (κ2) is 31.2. The number of amides is 8. The second-order valence-electron chi connectivity index (χ2n) is 21.7. The summed E-state index contributed by atoms with van der Waals surface area (Å²) in [5, 5.41) is 29.0. The van der Waals surface area contributed by atoms with Crippen molar-refractivity contribution in [2.75, 3.05) is 54.0 Å². The van der Waals surface area contributed by atoms with Gasteiger partial charge >= 0.3 is 24.2 Å². The Morgan fingerprint density at radius 1 is 0.964 bits per heavy atom. The highest BCUT2D eigenvalue weighted by Crippen LogP contribution is 2.49. The number of aliphatic hydroxyl groups is 1. The predicted octanol–water partition coefficient (Wildman–Crippen LogP) is 7.28. The number of unbranched alkanes of at least 4 members (excludes halogenated alkanes) is 1. The number of carbonyl (C=O) groups is 8. The number of nitrogens with zero attached hydrogens (tertiary/aromatic N) is 1. The van der Waals surface area contributed by atoms with Gasteiger partial charge in [0.05, 0.1) is 37.3 Å². The molecule has 0 saturated carbocycles. The van der Waals surface area contributed by atoms with Crippen molar-refractivity contribution < 1.29 is 71.9 Å². The minimum atomic E-state index is -1.89. The molecule has 0 aliphatic carbocycles. The van der Waals surface area contributed by atoms with Crippen molar-refractivity contribution in [1.29, 1.82) is 0 Å². The molecule has 3 heterocycles. The van der Waals surface area contributed by atoms with Crippen molar-refractivity contribution >= 4 is 108 Å². The number of urea groups is 1. The van der Waals surface area contributed by atoms with Gasteiger partial charge in [-0.25, -0.2) is 14.4 Å². The Kier molecular flexibility index (Phi) is 25.5. The van der Waals surface area contributed by atoms with Crippen LogP contribution in [-0.4, -0.2) is 145 Å². The number of rotatable bonds is 23. The maximum atomic E-state index is 14.4. The number of hydrogen-bond acceptors (Lipinski definition) is 15. The number of anilines is 3. The highest BCUT2D eigenvalue weighted by molar-refractivity contribution is 9.09. The minimum absolute atomic E-state index is 0.0701. The highest BCUT2D eigenvalue weighted by Gasteiger charge is 2.64. The van der Waals surface area contributed by atoms with Crippen molar-refractivity contribution in [3.63, 3.8) is 0 Å². The molecule has 0 aromatic heterocycles. The molecule has 3 aliphatic heterocycles. The molecule has 4 bridgehead atoms. The number of alkyl carbamates (subject to hydrolysis) is 1. The van der Waals surface area contributed by atoms with Crippen LogP contribution in [-0.2, 0) is 54.1 Å². The van der Waals surface area contributed by atoms with Crippen molar-refractivity contribution in [2.45, 2.75) is 153 Å². The average Bonchev–Trinajstić information content (AvgIpc) is 1.87. The SMILES string of the molecule is COc1cc2cc(c1Cl)N(C)C(=O)C[C@H](OC(=O)Nc1ccc(NC(=O)[C@H](CCCNC(N)=O)NC(=O)[C@@H](NC(=O)CCCCC(C)OC(=O)C(CBr)CBr)C(C)C)cc1)[C@]1(C)O[C@H]1[C@H](C)[C@@H]1C[C@@](O)(NC(=O)O1)[C@H](OC)/C=C/C=C(\C)C2. The first-order valence-corrected chi connectivity index (χ1v) is 30.1. The molecule has 458 valence electrons. The highest BCUT2D eigenvalue weighted by atomic mass is 79.9. The van der Waals surface area contributed by atoms with Gasteiger partial charge in [-0.3, -0.25) is 34.6 Å². The van der Waals surface area contributed by atoms with E-state index in [1.165, 1.54) is 50.4 Å². The van der Waals surface area contributed by atoms with E-state index in [0.717, 1.165) is 11.1 Å². The van der Waals surface area contributed by atoms with Gasteiger partial charge in [-0.2, -0.15) is 0 Å². The minimum Gasteiger partial charge on any atom is -0.495 e. The Morgan fingerprint density at radius 2 is 1.64 bits per heavy atom. The van der Waals surface area contributed by atoms with Crippen LogP contribution in [0.4, 0.5) is 31.4 Å². The van der Waals surface area contributed by atoms with E-state index >= 15 is 0 Å². The monoisotopic (exact) mass is 1310 g/mol. The van der Waals surface area contributed by atoms with Crippen LogP contribution < -0.4 is 47.3 Å². The van der Waals surface area contributed by atoms with Crippen molar-refractivity contribution in [1.82, 2.24) is 21.3 Å². The maximum Gasteiger partial charge on any atom is 0.412 e. The summed E-state index contributed by atoms with van der Waals surface area (Å²) in [6.45, 7) is 10.7. The normalized spacial score (nSPS) is 24.7. The Balaban J connectivity index is 1.29. The first kappa shape index (κ1) is 67.8. The molecule has 2 aromatic carbocycles. The lowest BCUT2D eigenvalue weighted by Crippen LogP contribution is -2.63. The van der Waals surface area contributed by atoms with E-state index < -0.39 is 96.1 Å². The lowest BCUT2D eigenvalue weighted by molar-refractivity contribution is -0.152. The first-order valence-electron chi connectivity index (χ1n) is 27.5. The Labute approximate surface area is 506 Å². The van der Waals surface area contributed by atoms with Gasteiger partial charge in [0.2, 0.25) is 23.6 Å². The summed E-state index contributed by atoms with van der Waals surface area (Å²) >= 11 is 13.4. The number of nitrogens with one attached hydrogen (secondary N) is 6. The van der Waals surface area contributed by atoms with E-state index in [1.807, 2.05) is 13.0 Å². The zero-order valence-electron chi connectivity index (χ0n) is 48.3. The van der Waals surface area contributed by atoms with Gasteiger partial charge in [0, 0.05) is 61.5 Å². The molecule has 83 heavy (non-hydrogen) atoms. The van der Waals surface area contributed by atoms with Gasteiger partial charge in [-0.1, -0.05) is 88.0 Å². The van der Waals surface area contributed by atoms with Crippen LogP contribution in [0.3, 0.4) is 0 Å². The zero-order chi connectivity index (χ0) is 61.3. The van der Waals surface area contributed by atoms with E-state index in [-0.39, 0.29) is 78.4 Å². The van der Waals surface area contributed by atoms with Crippen molar-refractivity contribution in [2.24, 2.45) is 23.5 Å². The van der Waals surface area contributed by atoms with Crippen LogP contribution >= 0.6 is 43.5 Å². The molecular formula is C57H79Br2ClN8O15. The Hall–Kier alpha value is -5.99. The molecule has 2 fully saturated rings. The molecule has 8 amide bonds. The summed E-state index contributed by atoms with van der Waals surface area (Å²) < 4.78 is 34.9. The summed E-state index contributed by atoms with van der Waals surface area (Å²) in [6.07, 6.45) is 0.988. The molecule has 3 aliphatic rings. The Bertz CT molecular complexity index is 2700. The molecular weight excluding hydrogens is 1230 g/mol. The number of methoxy groups -OCH3 is 2. The third kappa shape index (κ3) is 19.3. The number of benzene rings is 2. The van der Waals surface area contributed by atoms with Gasteiger partial charge in [0.15, 0.2) is 5.72 Å². The summed E-state index contributed by atoms with van der Waals surface area (Å²) in [7, 11) is 4.41. The number of carbonyl (C=O) groups excluding carboxylic acids is 8. The van der Waals surface area contributed by atoms with E-state index in [0.29, 0.717) is 47.8 Å². The summed E-state index contributed by atoms with van der Waals surface area (Å²) in [5.74, 6) is -3.38. The number of allylic oxidation sites excluding steroid dienone is 3. The molecule has 5 rings (SSSR count). The number of fused-ring (bicyclic) bond motifs is 5. The first-order chi connectivity index (χ1) is 39.2. The van der Waals surface area contributed by atoms with Crippen LogP contribution in [0.1, 0.15) is 98.5 Å². The van der Waals surface area contributed by atoms with Gasteiger partial charge < -0.3 is 65.4 Å². The third-order valence-corrected chi connectivity index (χ3v) is 16.7. The number of hydrogen-bond donors (Lipinski definition) is 8. The number of ether oxygens (including phenoxy) is 6. The fourth-order valence-corrected chi connectivity index (χ4v) is 11.7. The quantitative estimate of drug-likeness (QED) is 0.0178. The zero-order valence-corrected chi connectivity index (χ0v) is 52.2. The summed E-state index contributed by atoms with van der Waals surface area (Å²) in [5.41, 5.74) is 4.52. The largest absolute Gasteiger partial charge is 0.495 e. The molecule has 2 saturated heterocycles. The Morgan fingerprint density at radius 3 is 2.27 bits per heavy atom. The number of halogens is 3. The average molecular weight is 1310 g/mol. The predicted molar refractivity (Wildman–Crippen MR) is 318 cm³/mol. The van der Waals surface area contributed by atoms with E-state index in [1.54, 1.807) is 58.9 Å². The fourth-order valence-electron chi connectivity index (χ4n) is 9.81. The van der Waals surface area contributed by atoms with Crippen molar-refractivity contribution in [3.05, 3.63) is 70.8 Å².